The van der Waals surface area contributed by atoms with Crippen LogP contribution in [0.25, 0.3) is 6.08 Å². The van der Waals surface area contributed by atoms with Gasteiger partial charge in [0.15, 0.2) is 11.5 Å². The van der Waals surface area contributed by atoms with Crippen LogP contribution in [0.15, 0.2) is 46.9 Å². The van der Waals surface area contributed by atoms with Crippen LogP contribution < -0.4 is 9.47 Å². The van der Waals surface area contributed by atoms with E-state index in [1.54, 1.807) is 19.2 Å². The zero-order valence-electron chi connectivity index (χ0n) is 12.9. The number of hydrogen-bond donors (Lipinski definition) is 1. The van der Waals surface area contributed by atoms with Crippen LogP contribution in [0.2, 0.25) is 0 Å². The van der Waals surface area contributed by atoms with E-state index in [2.05, 4.69) is 22.0 Å². The number of ether oxygens (including phenoxy) is 2. The van der Waals surface area contributed by atoms with E-state index in [0.717, 1.165) is 11.6 Å². The first kappa shape index (κ1) is 17.1. The Morgan fingerprint density at radius 1 is 1.30 bits per heavy atom. The van der Waals surface area contributed by atoms with Crippen LogP contribution in [0.3, 0.4) is 0 Å². The Kier molecular flexibility index (Phi) is 5.82. The Labute approximate surface area is 143 Å². The van der Waals surface area contributed by atoms with Crippen LogP contribution in [0.1, 0.15) is 16.7 Å². The molecule has 0 aliphatic rings. The highest BCUT2D eigenvalue weighted by atomic mass is 79.9. The molecule has 2 rings (SSSR count). The summed E-state index contributed by atoms with van der Waals surface area (Å²) < 4.78 is 11.9. The highest BCUT2D eigenvalue weighted by molar-refractivity contribution is 9.10. The van der Waals surface area contributed by atoms with Crippen molar-refractivity contribution in [3.63, 3.8) is 0 Å². The average Bonchev–Trinajstić information content (AvgIpc) is 2.51. The molecule has 0 amide bonds. The van der Waals surface area contributed by atoms with Gasteiger partial charge in [0.05, 0.1) is 11.6 Å². The number of carboxylic acid groups (broad SMARTS) is 1. The summed E-state index contributed by atoms with van der Waals surface area (Å²) in [7, 11) is 1.55. The van der Waals surface area contributed by atoms with E-state index in [-0.39, 0.29) is 0 Å². The maximum atomic E-state index is 10.6. The van der Waals surface area contributed by atoms with Crippen molar-refractivity contribution in [3.05, 3.63) is 63.6 Å². The summed E-state index contributed by atoms with van der Waals surface area (Å²) in [5.41, 5.74) is 2.94. The summed E-state index contributed by atoms with van der Waals surface area (Å²) in [6.07, 6.45) is 2.58. The number of rotatable bonds is 6. The first-order chi connectivity index (χ1) is 11.0. The summed E-state index contributed by atoms with van der Waals surface area (Å²) >= 11 is 3.45. The van der Waals surface area contributed by atoms with E-state index in [4.69, 9.17) is 14.6 Å². The lowest BCUT2D eigenvalue weighted by Crippen LogP contribution is -1.99. The lowest BCUT2D eigenvalue weighted by atomic mass is 10.1. The third-order valence-electron chi connectivity index (χ3n) is 3.14. The van der Waals surface area contributed by atoms with E-state index in [0.29, 0.717) is 28.1 Å². The second kappa shape index (κ2) is 7.83. The normalized spacial score (nSPS) is 10.7. The number of hydrogen-bond acceptors (Lipinski definition) is 3. The van der Waals surface area contributed by atoms with Gasteiger partial charge in [0.1, 0.15) is 6.61 Å². The Morgan fingerprint density at radius 3 is 2.74 bits per heavy atom. The first-order valence-electron chi connectivity index (χ1n) is 6.96. The largest absolute Gasteiger partial charge is 0.493 e. The lowest BCUT2D eigenvalue weighted by molar-refractivity contribution is -0.131. The van der Waals surface area contributed by atoms with Crippen molar-refractivity contribution in [2.24, 2.45) is 0 Å². The van der Waals surface area contributed by atoms with E-state index < -0.39 is 5.97 Å². The fourth-order valence-electron chi connectivity index (χ4n) is 2.10. The molecule has 0 aromatic heterocycles. The predicted octanol–water partition coefficient (Wildman–Crippen LogP) is 4.44. The Bertz CT molecular complexity index is 738. The van der Waals surface area contributed by atoms with E-state index in [1.165, 1.54) is 11.6 Å². The van der Waals surface area contributed by atoms with Crippen molar-refractivity contribution in [2.75, 3.05) is 7.11 Å². The molecule has 0 saturated heterocycles. The molecule has 1 N–H and O–H groups in total. The van der Waals surface area contributed by atoms with Gasteiger partial charge in [-0.3, -0.25) is 0 Å². The molecule has 120 valence electrons. The van der Waals surface area contributed by atoms with Gasteiger partial charge >= 0.3 is 5.97 Å². The van der Waals surface area contributed by atoms with Crippen molar-refractivity contribution in [2.45, 2.75) is 13.5 Å². The van der Waals surface area contributed by atoms with Crippen LogP contribution in [0, 0.1) is 6.92 Å². The minimum absolute atomic E-state index is 0.418. The molecule has 4 nitrogen and oxygen atoms in total. The van der Waals surface area contributed by atoms with Crippen LogP contribution in [-0.4, -0.2) is 18.2 Å². The minimum atomic E-state index is -1.00. The van der Waals surface area contributed by atoms with Gasteiger partial charge in [-0.1, -0.05) is 29.8 Å². The molecular formula is C18H17BrO4. The quantitative estimate of drug-likeness (QED) is 0.756. The standard InChI is InChI=1S/C18H17BrO4/c1-12-4-3-5-14(8-12)11-23-18-15(19)9-13(6-7-17(20)21)10-16(18)22-2/h3-10H,11H2,1-2H3,(H,20,21)/b7-6+. The maximum absolute atomic E-state index is 10.6. The molecule has 2 aromatic carbocycles. The number of aryl methyl sites for hydroxylation is 1. The molecule has 0 bridgehead atoms. The van der Waals surface area contributed by atoms with Crippen LogP contribution in [-0.2, 0) is 11.4 Å². The van der Waals surface area contributed by atoms with Crippen LogP contribution >= 0.6 is 15.9 Å². The molecule has 0 spiro atoms. The van der Waals surface area contributed by atoms with E-state index >= 15 is 0 Å². The zero-order chi connectivity index (χ0) is 16.8. The molecule has 2 aromatic rings. The molecule has 0 atom stereocenters. The van der Waals surface area contributed by atoms with Crippen LogP contribution in [0.5, 0.6) is 11.5 Å². The second-order valence-corrected chi connectivity index (χ2v) is 5.84. The van der Waals surface area contributed by atoms with Gasteiger partial charge in [-0.05, 0) is 52.2 Å². The number of aliphatic carboxylic acids is 1. The van der Waals surface area contributed by atoms with Gasteiger partial charge in [0, 0.05) is 6.08 Å². The van der Waals surface area contributed by atoms with Crippen molar-refractivity contribution in [1.29, 1.82) is 0 Å². The summed E-state index contributed by atoms with van der Waals surface area (Å²) in [6.45, 7) is 2.45. The third kappa shape index (κ3) is 4.86. The highest BCUT2D eigenvalue weighted by Crippen LogP contribution is 2.37. The summed E-state index contributed by atoms with van der Waals surface area (Å²) in [5, 5.41) is 8.70. The Hall–Kier alpha value is -2.27. The SMILES string of the molecule is COc1cc(/C=C/C(=O)O)cc(Br)c1OCc1cccc(C)c1. The zero-order valence-corrected chi connectivity index (χ0v) is 14.5. The topological polar surface area (TPSA) is 55.8 Å². The number of halogens is 1. The van der Waals surface area contributed by atoms with Gasteiger partial charge in [-0.15, -0.1) is 0 Å². The Balaban J connectivity index is 2.22. The lowest BCUT2D eigenvalue weighted by Gasteiger charge is -2.14. The predicted molar refractivity (Wildman–Crippen MR) is 92.9 cm³/mol. The molecule has 5 heteroatoms. The monoisotopic (exact) mass is 376 g/mol. The van der Waals surface area contributed by atoms with Crippen molar-refractivity contribution in [3.8, 4) is 11.5 Å². The number of methoxy groups -OCH3 is 1. The molecule has 0 fully saturated rings. The summed E-state index contributed by atoms with van der Waals surface area (Å²) in [6, 6.07) is 11.6. The smallest absolute Gasteiger partial charge is 0.328 e. The molecular weight excluding hydrogens is 360 g/mol. The minimum Gasteiger partial charge on any atom is -0.493 e. The molecule has 0 radical (unpaired) electrons. The molecule has 0 heterocycles. The average molecular weight is 377 g/mol. The van der Waals surface area contributed by atoms with Crippen LogP contribution in [0.4, 0.5) is 0 Å². The fourth-order valence-corrected chi connectivity index (χ4v) is 2.68. The van der Waals surface area contributed by atoms with E-state index in [9.17, 15) is 4.79 Å². The van der Waals surface area contributed by atoms with E-state index in [1.807, 2.05) is 25.1 Å². The van der Waals surface area contributed by atoms with Gasteiger partial charge < -0.3 is 14.6 Å². The second-order valence-electron chi connectivity index (χ2n) is 4.98. The van der Waals surface area contributed by atoms with Gasteiger partial charge in [0.2, 0.25) is 0 Å². The third-order valence-corrected chi connectivity index (χ3v) is 3.72. The Morgan fingerprint density at radius 2 is 2.09 bits per heavy atom. The molecule has 0 saturated carbocycles. The molecule has 0 unspecified atom stereocenters. The van der Waals surface area contributed by atoms with Crippen molar-refractivity contribution in [1.82, 2.24) is 0 Å². The highest BCUT2D eigenvalue weighted by Gasteiger charge is 2.11. The van der Waals surface area contributed by atoms with Gasteiger partial charge in [0.25, 0.3) is 0 Å². The number of benzene rings is 2. The van der Waals surface area contributed by atoms with Gasteiger partial charge in [-0.2, -0.15) is 0 Å². The summed E-state index contributed by atoms with van der Waals surface area (Å²) in [4.78, 5) is 10.6. The van der Waals surface area contributed by atoms with Gasteiger partial charge in [-0.25, -0.2) is 4.79 Å². The summed E-state index contributed by atoms with van der Waals surface area (Å²) in [5.74, 6) is 0.124. The number of carbonyl (C=O) groups is 1. The first-order valence-corrected chi connectivity index (χ1v) is 7.76. The molecule has 0 aliphatic heterocycles. The molecule has 23 heavy (non-hydrogen) atoms. The fraction of sp³-hybridized carbons (Fsp3) is 0.167. The van der Waals surface area contributed by atoms with Crippen molar-refractivity contribution < 1.29 is 19.4 Å². The maximum Gasteiger partial charge on any atom is 0.328 e. The molecule has 0 aliphatic carbocycles. The number of carboxylic acids is 1. The van der Waals surface area contributed by atoms with Crippen molar-refractivity contribution >= 4 is 28.0 Å².